The Labute approximate surface area is 232 Å². The summed E-state index contributed by atoms with van der Waals surface area (Å²) >= 11 is 8.16. The van der Waals surface area contributed by atoms with Crippen molar-refractivity contribution in [2.45, 2.75) is 45.0 Å². The van der Waals surface area contributed by atoms with Crippen LogP contribution in [0.1, 0.15) is 39.3 Å². The second-order valence-electron chi connectivity index (χ2n) is 9.87. The van der Waals surface area contributed by atoms with Crippen LogP contribution in [0, 0.1) is 11.3 Å². The molecule has 0 spiro atoms. The Morgan fingerprint density at radius 1 is 1.34 bits per heavy atom. The summed E-state index contributed by atoms with van der Waals surface area (Å²) in [7, 11) is 0. The monoisotopic (exact) mass is 583 g/mol. The van der Waals surface area contributed by atoms with E-state index in [0.29, 0.717) is 24.7 Å². The first-order valence-electron chi connectivity index (χ1n) is 11.9. The second-order valence-corrected chi connectivity index (χ2v) is 12.2. The highest BCUT2D eigenvalue weighted by atomic mass is 32.2. The van der Waals surface area contributed by atoms with Gasteiger partial charge in [0.05, 0.1) is 11.1 Å². The molecule has 4 N–H and O–H groups in total. The lowest BCUT2D eigenvalue weighted by Crippen LogP contribution is -2.71. The summed E-state index contributed by atoms with van der Waals surface area (Å²) in [5, 5.41) is 16.4. The summed E-state index contributed by atoms with van der Waals surface area (Å²) in [5.41, 5.74) is 6.12. The minimum absolute atomic E-state index is 0.0483. The molecule has 3 aliphatic rings. The number of β-lactam (4-membered cyclic amide) rings is 1. The molecule has 1 aromatic rings. The molecule has 4 rings (SSSR count). The molecule has 206 valence electrons. The van der Waals surface area contributed by atoms with E-state index in [-0.39, 0.29) is 40.2 Å². The predicted molar refractivity (Wildman–Crippen MR) is 145 cm³/mol. The van der Waals surface area contributed by atoms with Gasteiger partial charge in [0.2, 0.25) is 11.8 Å². The number of thiazole rings is 1. The number of hydrogen-bond donors (Lipinski definition) is 3. The number of nitrogens with zero attached hydrogens (tertiary/aromatic N) is 3. The normalized spacial score (nSPS) is 22.4. The molecule has 1 aromatic heterocycles. The van der Waals surface area contributed by atoms with E-state index >= 15 is 0 Å². The van der Waals surface area contributed by atoms with E-state index in [0.717, 1.165) is 29.8 Å². The quantitative estimate of drug-likeness (QED) is 0.0816. The highest BCUT2D eigenvalue weighted by Crippen LogP contribution is 2.44. The molecule has 0 aliphatic carbocycles. The largest absolute Gasteiger partial charge is 0.445 e. The number of hydrogen-bond acceptors (Lipinski definition) is 13. The molecular formula is C23H29N5O7S3. The number of ether oxygens (including phenoxy) is 3. The Bertz CT molecular complexity index is 1190. The van der Waals surface area contributed by atoms with E-state index in [1.54, 1.807) is 20.8 Å². The van der Waals surface area contributed by atoms with Crippen LogP contribution in [0.25, 0.3) is 0 Å². The number of carbonyl (C=O) groups is 3. The zero-order valence-electron chi connectivity index (χ0n) is 21.1. The number of nitrogens with two attached hydrogens (primary N) is 1. The van der Waals surface area contributed by atoms with E-state index in [1.165, 1.54) is 22.0 Å². The summed E-state index contributed by atoms with van der Waals surface area (Å²) in [4.78, 5) is 43.8. The molecule has 38 heavy (non-hydrogen) atoms. The fourth-order valence-electron chi connectivity index (χ4n) is 4.23. The summed E-state index contributed by atoms with van der Waals surface area (Å²) in [6.07, 6.45) is 1.56. The third kappa shape index (κ3) is 5.80. The van der Waals surface area contributed by atoms with E-state index in [9.17, 15) is 19.6 Å². The molecule has 2 atom stereocenters. The van der Waals surface area contributed by atoms with Crippen LogP contribution >= 0.6 is 35.3 Å². The maximum atomic E-state index is 13.3. The van der Waals surface area contributed by atoms with Gasteiger partial charge in [-0.3, -0.25) is 19.3 Å². The average Bonchev–Trinajstić information content (AvgIpc) is 3.32. The van der Waals surface area contributed by atoms with Gasteiger partial charge in [0.25, 0.3) is 11.8 Å². The number of aromatic nitrogens is 1. The Morgan fingerprint density at radius 2 is 2.05 bits per heavy atom. The van der Waals surface area contributed by atoms with E-state index in [1.807, 2.05) is 0 Å². The third-order valence-electron chi connectivity index (χ3n) is 6.26. The highest BCUT2D eigenvalue weighted by molar-refractivity contribution is 8.00. The van der Waals surface area contributed by atoms with Gasteiger partial charge in [-0.15, -0.1) is 23.1 Å². The Balaban J connectivity index is 1.51. The number of oxime groups is 1. The Morgan fingerprint density at radius 3 is 2.66 bits per heavy atom. The van der Waals surface area contributed by atoms with Crippen molar-refractivity contribution < 1.29 is 33.8 Å². The number of thiocarbonyl (C=S) groups is 1. The highest BCUT2D eigenvalue weighted by Gasteiger charge is 2.54. The van der Waals surface area contributed by atoms with E-state index in [4.69, 9.17) is 32.2 Å². The number of anilines is 1. The maximum Gasteiger partial charge on any atom is 0.314 e. The van der Waals surface area contributed by atoms with Gasteiger partial charge in [0.1, 0.15) is 17.1 Å². The first-order chi connectivity index (χ1) is 18.0. The summed E-state index contributed by atoms with van der Waals surface area (Å²) in [5.74, 6) is -0.874. The van der Waals surface area contributed by atoms with Gasteiger partial charge in [-0.1, -0.05) is 5.16 Å². The van der Waals surface area contributed by atoms with Crippen molar-refractivity contribution in [3.63, 3.8) is 0 Å². The fraction of sp³-hybridized carbons (Fsp3) is 0.565. The molecule has 2 fully saturated rings. The molecule has 2 amide bonds. The average molecular weight is 584 g/mol. The molecule has 0 bridgehead atoms. The summed E-state index contributed by atoms with van der Waals surface area (Å²) in [6, 6.07) is -0.881. The van der Waals surface area contributed by atoms with Gasteiger partial charge in [-0.2, -0.15) is 0 Å². The first kappa shape index (κ1) is 28.3. The van der Waals surface area contributed by atoms with Crippen molar-refractivity contribution in [2.75, 3.05) is 31.5 Å². The topological polar surface area (TPSA) is 166 Å². The number of nitrogens with one attached hydrogen (secondary N) is 1. The van der Waals surface area contributed by atoms with E-state index < -0.39 is 28.7 Å². The number of amides is 2. The third-order valence-corrected chi connectivity index (χ3v) is 8.55. The van der Waals surface area contributed by atoms with Crippen LogP contribution in [0.4, 0.5) is 5.13 Å². The lowest BCUT2D eigenvalue weighted by atomic mass is 9.89. The van der Waals surface area contributed by atoms with Crippen LogP contribution in [0.2, 0.25) is 0 Å². The van der Waals surface area contributed by atoms with Crippen LogP contribution in [0.3, 0.4) is 0 Å². The Hall–Kier alpha value is -2.75. The number of rotatable bonds is 7. The minimum atomic E-state index is -0.881. The zero-order chi connectivity index (χ0) is 27.6. The molecule has 1 unspecified atom stereocenters. The molecule has 0 saturated carbocycles. The van der Waals surface area contributed by atoms with Crippen molar-refractivity contribution in [3.05, 3.63) is 22.3 Å². The second kappa shape index (κ2) is 11.6. The van der Waals surface area contributed by atoms with E-state index in [2.05, 4.69) is 15.5 Å². The van der Waals surface area contributed by atoms with Crippen molar-refractivity contribution in [2.24, 2.45) is 16.5 Å². The molecule has 0 aromatic carbocycles. The smallest absolute Gasteiger partial charge is 0.314 e. The van der Waals surface area contributed by atoms with Crippen molar-refractivity contribution in [1.29, 1.82) is 0 Å². The maximum absolute atomic E-state index is 13.3. The van der Waals surface area contributed by atoms with Crippen LogP contribution in [-0.4, -0.2) is 80.8 Å². The van der Waals surface area contributed by atoms with Crippen LogP contribution in [0.15, 0.2) is 21.8 Å². The number of esters is 1. The van der Waals surface area contributed by atoms with Gasteiger partial charge in [0, 0.05) is 24.3 Å². The van der Waals surface area contributed by atoms with Crippen LogP contribution in [0.5, 0.6) is 0 Å². The molecule has 2 saturated heterocycles. The van der Waals surface area contributed by atoms with Gasteiger partial charge in [-0.25, -0.2) is 4.98 Å². The lowest BCUT2D eigenvalue weighted by molar-refractivity contribution is -0.160. The molecule has 4 heterocycles. The molecular weight excluding hydrogens is 554 g/mol. The van der Waals surface area contributed by atoms with Crippen molar-refractivity contribution >= 4 is 69.0 Å². The fourth-order valence-corrected chi connectivity index (χ4v) is 6.51. The van der Waals surface area contributed by atoms with Crippen LogP contribution in [-0.2, 0) is 28.6 Å². The van der Waals surface area contributed by atoms with Crippen LogP contribution < -0.4 is 11.1 Å². The SMILES string of the molecule is CC(C)(C)C(=O)OCOC(=S)C1=C(C2CCOCC2)CS[C@@H]2C(NC(=O)/C(=N\O)c3csc(N)n3)C(=O)N12. The minimum Gasteiger partial charge on any atom is -0.445 e. The Kier molecular flexibility index (Phi) is 8.59. The van der Waals surface area contributed by atoms with Gasteiger partial charge >= 0.3 is 5.97 Å². The molecule has 0 radical (unpaired) electrons. The molecule has 15 heteroatoms. The summed E-state index contributed by atoms with van der Waals surface area (Å²) in [6.45, 7) is 6.00. The number of fused-ring (bicyclic) bond motifs is 1. The van der Waals surface area contributed by atoms with Gasteiger partial charge in [0.15, 0.2) is 10.8 Å². The number of thioether (sulfide) groups is 1. The van der Waals surface area contributed by atoms with Crippen molar-refractivity contribution in [3.8, 4) is 0 Å². The van der Waals surface area contributed by atoms with Gasteiger partial charge in [-0.05, 0) is 57.3 Å². The zero-order valence-corrected chi connectivity index (χ0v) is 23.5. The van der Waals surface area contributed by atoms with Crippen molar-refractivity contribution in [1.82, 2.24) is 15.2 Å². The van der Waals surface area contributed by atoms with Gasteiger partial charge < -0.3 is 30.5 Å². The lowest BCUT2D eigenvalue weighted by Gasteiger charge is -2.51. The molecule has 3 aliphatic heterocycles. The standard InChI is InChI=1S/C23H29N5O7S3/c1-23(2,3)21(31)35-10-34-20(36)16-12(11-4-6-33-7-5-11)8-37-19-15(18(30)28(16)19)26-17(29)14(27-32)13-9-38-22(24)25-13/h9,11,15,19,32H,4-8,10H2,1-3H3,(H2,24,25)(H,26,29)/b27-14-/t15?,19-/m1/s1. The molecule has 12 nitrogen and oxygen atoms in total. The predicted octanol–water partition coefficient (Wildman–Crippen LogP) is 1.87. The number of carbonyl (C=O) groups excluding carboxylic acids is 3. The first-order valence-corrected chi connectivity index (χ1v) is 14.2. The number of nitrogen functional groups attached to an aromatic ring is 1. The summed E-state index contributed by atoms with van der Waals surface area (Å²) < 4.78 is 16.3.